The van der Waals surface area contributed by atoms with E-state index in [1.165, 1.54) is 0 Å². The van der Waals surface area contributed by atoms with Crippen molar-refractivity contribution in [3.63, 3.8) is 0 Å². The van der Waals surface area contributed by atoms with Crippen LogP contribution >= 0.6 is 45.2 Å². The summed E-state index contributed by atoms with van der Waals surface area (Å²) in [6, 6.07) is 12.2. The van der Waals surface area contributed by atoms with Crippen LogP contribution in [0.4, 0.5) is 4.79 Å². The number of phenols is 1. The van der Waals surface area contributed by atoms with Crippen molar-refractivity contribution < 1.29 is 19.4 Å². The molecule has 0 heterocycles. The van der Waals surface area contributed by atoms with Crippen LogP contribution in [0.3, 0.4) is 0 Å². The Balaban J connectivity index is 2.05. The van der Waals surface area contributed by atoms with Crippen molar-refractivity contribution in [1.29, 1.82) is 0 Å². The fraction of sp³-hybridized carbons (Fsp3) is 0.333. The molecule has 0 saturated carbocycles. The smallest absolute Gasteiger partial charge is 0.408 e. The quantitative estimate of drug-likeness (QED) is 0.287. The van der Waals surface area contributed by atoms with Crippen LogP contribution < -0.4 is 10.6 Å². The van der Waals surface area contributed by atoms with Crippen molar-refractivity contribution in [2.24, 2.45) is 0 Å². The number of benzene rings is 2. The minimum absolute atomic E-state index is 0.131. The van der Waals surface area contributed by atoms with E-state index in [9.17, 15) is 14.7 Å². The van der Waals surface area contributed by atoms with Gasteiger partial charge in [0, 0.05) is 13.0 Å². The maximum absolute atomic E-state index is 12.6. The van der Waals surface area contributed by atoms with Crippen molar-refractivity contribution in [2.75, 3.05) is 6.54 Å². The summed E-state index contributed by atoms with van der Waals surface area (Å²) in [6.45, 7) is 2.73. The number of unbranched alkanes of at least 4 members (excludes halogenated alkanes) is 1. The number of rotatable bonds is 9. The van der Waals surface area contributed by atoms with Crippen LogP contribution in [-0.4, -0.2) is 29.7 Å². The number of carbonyl (C=O) groups excluding carboxylic acids is 2. The number of alkyl carbamates (subject to hydrolysis) is 1. The van der Waals surface area contributed by atoms with Crippen molar-refractivity contribution in [3.8, 4) is 5.75 Å². The van der Waals surface area contributed by atoms with Gasteiger partial charge in [0.05, 0.1) is 7.14 Å². The van der Waals surface area contributed by atoms with Crippen molar-refractivity contribution in [3.05, 3.63) is 60.7 Å². The van der Waals surface area contributed by atoms with E-state index in [0.29, 0.717) is 20.1 Å². The highest BCUT2D eigenvalue weighted by molar-refractivity contribution is 14.1. The highest BCUT2D eigenvalue weighted by atomic mass is 127. The normalized spacial score (nSPS) is 11.6. The summed E-state index contributed by atoms with van der Waals surface area (Å²) >= 11 is 4.09. The molecule has 0 aromatic heterocycles. The lowest BCUT2D eigenvalue weighted by atomic mass is 10.1. The zero-order chi connectivity index (χ0) is 21.2. The van der Waals surface area contributed by atoms with E-state index >= 15 is 0 Å². The molecular weight excluding hydrogens is 598 g/mol. The molecule has 0 aliphatic heterocycles. The van der Waals surface area contributed by atoms with Crippen molar-refractivity contribution >= 4 is 57.2 Å². The van der Waals surface area contributed by atoms with Gasteiger partial charge < -0.3 is 20.5 Å². The van der Waals surface area contributed by atoms with Crippen LogP contribution in [0.5, 0.6) is 5.75 Å². The average Bonchev–Trinajstić information content (AvgIpc) is 2.71. The summed E-state index contributed by atoms with van der Waals surface area (Å²) in [5.41, 5.74) is 1.71. The van der Waals surface area contributed by atoms with Crippen LogP contribution in [0.2, 0.25) is 0 Å². The van der Waals surface area contributed by atoms with E-state index in [1.54, 1.807) is 12.1 Å². The van der Waals surface area contributed by atoms with E-state index in [0.717, 1.165) is 24.0 Å². The van der Waals surface area contributed by atoms with E-state index in [-0.39, 0.29) is 18.3 Å². The number of halogens is 2. The maximum Gasteiger partial charge on any atom is 0.408 e. The van der Waals surface area contributed by atoms with Gasteiger partial charge in [-0.3, -0.25) is 4.79 Å². The molecule has 2 amide bonds. The van der Waals surface area contributed by atoms with Crippen LogP contribution in [0.1, 0.15) is 30.9 Å². The number of phenolic OH excluding ortho intramolecular Hbond substituents is 1. The average molecular weight is 622 g/mol. The van der Waals surface area contributed by atoms with Crippen LogP contribution in [0, 0.1) is 7.14 Å². The second-order valence-electron chi connectivity index (χ2n) is 6.52. The van der Waals surface area contributed by atoms with Gasteiger partial charge in [-0.15, -0.1) is 0 Å². The third-order valence-electron chi connectivity index (χ3n) is 4.17. The van der Waals surface area contributed by atoms with Crippen molar-refractivity contribution in [2.45, 2.75) is 38.8 Å². The first kappa shape index (κ1) is 23.7. The molecule has 2 aromatic carbocycles. The summed E-state index contributed by atoms with van der Waals surface area (Å²) < 4.78 is 6.66. The second kappa shape index (κ2) is 12.2. The lowest BCUT2D eigenvalue weighted by Gasteiger charge is -2.19. The molecule has 156 valence electrons. The Bertz CT molecular complexity index is 808. The molecule has 0 unspecified atom stereocenters. The molecule has 0 aliphatic carbocycles. The molecule has 2 aromatic rings. The number of ether oxygens (including phenoxy) is 1. The van der Waals surface area contributed by atoms with Gasteiger partial charge in [-0.25, -0.2) is 4.79 Å². The Morgan fingerprint density at radius 1 is 1.10 bits per heavy atom. The first-order valence-corrected chi connectivity index (χ1v) is 11.5. The summed E-state index contributed by atoms with van der Waals surface area (Å²) in [6.07, 6.45) is 1.48. The Hall–Kier alpha value is -1.56. The molecule has 29 heavy (non-hydrogen) atoms. The zero-order valence-electron chi connectivity index (χ0n) is 16.1. The molecule has 0 spiro atoms. The fourth-order valence-corrected chi connectivity index (χ4v) is 4.50. The predicted octanol–water partition coefficient (Wildman–Crippen LogP) is 4.36. The predicted molar refractivity (Wildman–Crippen MR) is 129 cm³/mol. The van der Waals surface area contributed by atoms with Gasteiger partial charge in [-0.05, 0) is 74.9 Å². The Morgan fingerprint density at radius 3 is 2.38 bits per heavy atom. The highest BCUT2D eigenvalue weighted by Gasteiger charge is 2.22. The van der Waals surface area contributed by atoms with Crippen LogP contribution in [0.25, 0.3) is 0 Å². The Labute approximate surface area is 198 Å². The maximum atomic E-state index is 12.6. The number of aromatic hydroxyl groups is 1. The van der Waals surface area contributed by atoms with E-state index in [1.807, 2.05) is 82.4 Å². The minimum atomic E-state index is -0.772. The molecule has 0 bridgehead atoms. The van der Waals surface area contributed by atoms with Gasteiger partial charge in [-0.1, -0.05) is 43.7 Å². The van der Waals surface area contributed by atoms with Gasteiger partial charge in [0.1, 0.15) is 18.4 Å². The zero-order valence-corrected chi connectivity index (χ0v) is 20.4. The second-order valence-corrected chi connectivity index (χ2v) is 8.84. The molecule has 6 nitrogen and oxygen atoms in total. The van der Waals surface area contributed by atoms with Crippen molar-refractivity contribution in [1.82, 2.24) is 10.6 Å². The van der Waals surface area contributed by atoms with E-state index < -0.39 is 12.1 Å². The van der Waals surface area contributed by atoms with Crippen LogP contribution in [-0.2, 0) is 22.6 Å². The van der Waals surface area contributed by atoms with E-state index in [4.69, 9.17) is 4.74 Å². The van der Waals surface area contributed by atoms with Gasteiger partial charge in [-0.2, -0.15) is 0 Å². The standard InChI is InChI=1S/C21H24I2N2O4/c1-2-3-9-24-20(27)18(12-15-10-16(22)19(26)17(23)11-15)25-21(28)29-13-14-7-5-4-6-8-14/h4-8,10-11,18,26H,2-3,9,12-13H2,1H3,(H,24,27)(H,25,28)/t18-/m1/s1. The summed E-state index contributed by atoms with van der Waals surface area (Å²) in [7, 11) is 0. The summed E-state index contributed by atoms with van der Waals surface area (Å²) in [5.74, 6) is -0.0395. The lowest BCUT2D eigenvalue weighted by molar-refractivity contribution is -0.123. The molecular formula is C21H24I2N2O4. The fourth-order valence-electron chi connectivity index (χ4n) is 2.60. The molecule has 8 heteroatoms. The topological polar surface area (TPSA) is 87.7 Å². The highest BCUT2D eigenvalue weighted by Crippen LogP contribution is 2.27. The molecule has 0 aliphatic rings. The van der Waals surface area contributed by atoms with Gasteiger partial charge in [0.25, 0.3) is 0 Å². The first-order valence-electron chi connectivity index (χ1n) is 9.32. The summed E-state index contributed by atoms with van der Waals surface area (Å²) in [4.78, 5) is 24.9. The van der Waals surface area contributed by atoms with Gasteiger partial charge in [0.15, 0.2) is 0 Å². The molecule has 1 atom stereocenters. The number of hydrogen-bond donors (Lipinski definition) is 3. The first-order chi connectivity index (χ1) is 13.9. The molecule has 0 radical (unpaired) electrons. The molecule has 0 fully saturated rings. The number of carbonyl (C=O) groups is 2. The molecule has 2 rings (SSSR count). The molecule has 0 saturated heterocycles. The van der Waals surface area contributed by atoms with E-state index in [2.05, 4.69) is 10.6 Å². The van der Waals surface area contributed by atoms with Gasteiger partial charge >= 0.3 is 6.09 Å². The molecule has 3 N–H and O–H groups in total. The SMILES string of the molecule is CCCCNC(=O)[C@@H](Cc1cc(I)c(O)c(I)c1)NC(=O)OCc1ccccc1. The Morgan fingerprint density at radius 2 is 1.76 bits per heavy atom. The third kappa shape index (κ3) is 8.00. The van der Waals surface area contributed by atoms with Gasteiger partial charge in [0.2, 0.25) is 5.91 Å². The Kier molecular flexibility index (Phi) is 9.98. The summed E-state index contributed by atoms with van der Waals surface area (Å²) in [5, 5.41) is 15.5. The largest absolute Gasteiger partial charge is 0.506 e. The number of hydrogen-bond acceptors (Lipinski definition) is 4. The number of nitrogens with one attached hydrogen (secondary N) is 2. The lowest BCUT2D eigenvalue weighted by Crippen LogP contribution is -2.48. The minimum Gasteiger partial charge on any atom is -0.506 e. The monoisotopic (exact) mass is 622 g/mol. The number of amides is 2. The van der Waals surface area contributed by atoms with Crippen LogP contribution in [0.15, 0.2) is 42.5 Å². The third-order valence-corrected chi connectivity index (χ3v) is 5.81.